The van der Waals surface area contributed by atoms with Crippen LogP contribution in [-0.4, -0.2) is 28.7 Å². The van der Waals surface area contributed by atoms with Crippen molar-refractivity contribution in [2.45, 2.75) is 13.3 Å². The largest absolute Gasteiger partial charge is 0.307 e. The van der Waals surface area contributed by atoms with Gasteiger partial charge in [-0.1, -0.05) is 6.08 Å². The highest BCUT2D eigenvalue weighted by molar-refractivity contribution is 5.82. The zero-order valence-electron chi connectivity index (χ0n) is 9.29. The number of carbonyl (C=O) groups is 1. The van der Waals surface area contributed by atoms with Crippen molar-refractivity contribution in [2.75, 3.05) is 13.1 Å². The maximum atomic E-state index is 11.5. The fraction of sp³-hybridized carbons (Fsp3) is 0.455. The first-order valence-electron chi connectivity index (χ1n) is 4.96. The summed E-state index contributed by atoms with van der Waals surface area (Å²) in [7, 11) is 1.85. The van der Waals surface area contributed by atoms with Gasteiger partial charge in [-0.2, -0.15) is 5.10 Å². The van der Waals surface area contributed by atoms with Crippen LogP contribution in [0.4, 0.5) is 0 Å². The molecule has 4 nitrogen and oxygen atoms in total. The van der Waals surface area contributed by atoms with Gasteiger partial charge in [-0.25, -0.2) is 0 Å². The minimum absolute atomic E-state index is 0.167. The Labute approximate surface area is 90.0 Å². The molecule has 1 rings (SSSR count). The molecule has 1 N–H and O–H groups in total. The van der Waals surface area contributed by atoms with Gasteiger partial charge in [-0.05, 0) is 13.0 Å². The second-order valence-corrected chi connectivity index (χ2v) is 3.54. The molecule has 0 aliphatic rings. The first-order chi connectivity index (χ1) is 7.13. The van der Waals surface area contributed by atoms with Crippen LogP contribution in [0.1, 0.15) is 11.4 Å². The Hall–Kier alpha value is -1.42. The van der Waals surface area contributed by atoms with Crippen LogP contribution in [0, 0.1) is 6.92 Å². The van der Waals surface area contributed by atoms with Crippen molar-refractivity contribution in [3.8, 4) is 0 Å². The van der Waals surface area contributed by atoms with Gasteiger partial charge in [0.05, 0.1) is 12.2 Å². The number of nitrogens with zero attached hydrogens (tertiary/aromatic N) is 2. The molecule has 0 unspecified atom stereocenters. The molecular formula is C11H17N3O. The van der Waals surface area contributed by atoms with E-state index in [0.29, 0.717) is 19.5 Å². The summed E-state index contributed by atoms with van der Waals surface area (Å²) in [6.45, 7) is 6.54. The lowest BCUT2D eigenvalue weighted by molar-refractivity contribution is -0.117. The van der Waals surface area contributed by atoms with Gasteiger partial charge in [0.15, 0.2) is 5.78 Å². The highest BCUT2D eigenvalue weighted by Crippen LogP contribution is 2.02. The fourth-order valence-corrected chi connectivity index (χ4v) is 1.41. The van der Waals surface area contributed by atoms with E-state index in [1.54, 1.807) is 10.8 Å². The summed E-state index contributed by atoms with van der Waals surface area (Å²) in [5.41, 5.74) is 1.90. The normalized spacial score (nSPS) is 10.3. The van der Waals surface area contributed by atoms with Crippen LogP contribution in [-0.2, 0) is 18.3 Å². The third kappa shape index (κ3) is 3.67. The number of carbonyl (C=O) groups excluding carboxylic acids is 1. The van der Waals surface area contributed by atoms with Crippen LogP contribution in [0.5, 0.6) is 0 Å². The summed E-state index contributed by atoms with van der Waals surface area (Å²) in [4.78, 5) is 11.5. The van der Waals surface area contributed by atoms with E-state index in [-0.39, 0.29) is 5.78 Å². The Balaban J connectivity index is 2.44. The molecule has 0 radical (unpaired) electrons. The minimum atomic E-state index is 0.167. The topological polar surface area (TPSA) is 46.9 Å². The maximum Gasteiger partial charge on any atom is 0.152 e. The number of hydrogen-bond acceptors (Lipinski definition) is 3. The Morgan fingerprint density at radius 2 is 2.47 bits per heavy atom. The number of nitrogens with one attached hydrogen (secondary N) is 1. The van der Waals surface area contributed by atoms with Gasteiger partial charge in [0.2, 0.25) is 0 Å². The molecule has 1 aromatic heterocycles. The zero-order chi connectivity index (χ0) is 11.3. The van der Waals surface area contributed by atoms with E-state index in [1.807, 2.05) is 20.0 Å². The molecule has 0 amide bonds. The number of ketones is 1. The SMILES string of the molecule is C=CCNCC(=O)Cc1cc(C)nn1C. The molecule has 0 atom stereocenters. The van der Waals surface area contributed by atoms with Crippen LogP contribution in [0.3, 0.4) is 0 Å². The number of hydrogen-bond donors (Lipinski definition) is 1. The molecule has 15 heavy (non-hydrogen) atoms. The molecule has 0 fully saturated rings. The van der Waals surface area contributed by atoms with Gasteiger partial charge in [0.25, 0.3) is 0 Å². The second-order valence-electron chi connectivity index (χ2n) is 3.54. The van der Waals surface area contributed by atoms with Gasteiger partial charge in [0, 0.05) is 25.7 Å². The van der Waals surface area contributed by atoms with E-state index in [2.05, 4.69) is 17.0 Å². The van der Waals surface area contributed by atoms with Crippen LogP contribution in [0.15, 0.2) is 18.7 Å². The first-order valence-corrected chi connectivity index (χ1v) is 4.96. The minimum Gasteiger partial charge on any atom is -0.307 e. The summed E-state index contributed by atoms with van der Waals surface area (Å²) in [5.74, 6) is 0.167. The van der Waals surface area contributed by atoms with Crippen LogP contribution >= 0.6 is 0 Å². The van der Waals surface area contributed by atoms with Crippen molar-refractivity contribution in [1.82, 2.24) is 15.1 Å². The summed E-state index contributed by atoms with van der Waals surface area (Å²) in [6.07, 6.45) is 2.17. The van der Waals surface area contributed by atoms with Crippen molar-refractivity contribution in [3.05, 3.63) is 30.1 Å². The van der Waals surface area contributed by atoms with E-state index in [4.69, 9.17) is 0 Å². The molecule has 0 saturated heterocycles. The molecule has 1 aromatic rings. The molecule has 0 saturated carbocycles. The third-order valence-electron chi connectivity index (χ3n) is 2.09. The number of aryl methyl sites for hydroxylation is 2. The van der Waals surface area contributed by atoms with Crippen molar-refractivity contribution in [1.29, 1.82) is 0 Å². The molecule has 0 spiro atoms. The molecule has 82 valence electrons. The average molecular weight is 207 g/mol. The van der Waals surface area contributed by atoms with Crippen LogP contribution in [0.25, 0.3) is 0 Å². The summed E-state index contributed by atoms with van der Waals surface area (Å²) < 4.78 is 1.75. The molecule has 0 aliphatic heterocycles. The third-order valence-corrected chi connectivity index (χ3v) is 2.09. The smallest absolute Gasteiger partial charge is 0.152 e. The molecule has 4 heteroatoms. The predicted molar refractivity (Wildman–Crippen MR) is 59.7 cm³/mol. The highest BCUT2D eigenvalue weighted by Gasteiger charge is 2.07. The van der Waals surface area contributed by atoms with Crippen molar-refractivity contribution >= 4 is 5.78 Å². The fourth-order valence-electron chi connectivity index (χ4n) is 1.41. The molecular weight excluding hydrogens is 190 g/mol. The number of Topliss-reactive ketones (excluding diaryl/α,β-unsaturated/α-hetero) is 1. The van der Waals surface area contributed by atoms with Crippen molar-refractivity contribution in [2.24, 2.45) is 7.05 Å². The molecule has 0 aliphatic carbocycles. The van der Waals surface area contributed by atoms with Crippen molar-refractivity contribution in [3.63, 3.8) is 0 Å². The summed E-state index contributed by atoms with van der Waals surface area (Å²) >= 11 is 0. The second kappa shape index (κ2) is 5.46. The molecule has 0 bridgehead atoms. The van der Waals surface area contributed by atoms with Crippen LogP contribution < -0.4 is 5.32 Å². The van der Waals surface area contributed by atoms with Gasteiger partial charge < -0.3 is 5.32 Å². The summed E-state index contributed by atoms with van der Waals surface area (Å²) in [5, 5.41) is 7.17. The monoisotopic (exact) mass is 207 g/mol. The Bertz CT molecular complexity index is 355. The van der Waals surface area contributed by atoms with E-state index >= 15 is 0 Å². The quantitative estimate of drug-likeness (QED) is 0.549. The average Bonchev–Trinajstić information content (AvgIpc) is 2.45. The van der Waals surface area contributed by atoms with E-state index in [1.165, 1.54) is 0 Å². The van der Waals surface area contributed by atoms with Crippen LogP contribution in [0.2, 0.25) is 0 Å². The van der Waals surface area contributed by atoms with Gasteiger partial charge in [-0.3, -0.25) is 9.48 Å². The molecule has 1 heterocycles. The maximum absolute atomic E-state index is 11.5. The first kappa shape index (κ1) is 11.7. The predicted octanol–water partition coefficient (Wildman–Crippen LogP) is 0.616. The summed E-state index contributed by atoms with van der Waals surface area (Å²) in [6, 6.07) is 1.94. The number of aromatic nitrogens is 2. The lowest BCUT2D eigenvalue weighted by Gasteiger charge is -2.02. The Morgan fingerprint density at radius 1 is 1.73 bits per heavy atom. The lowest BCUT2D eigenvalue weighted by atomic mass is 10.2. The standard InChI is InChI=1S/C11H17N3O/c1-4-5-12-8-11(15)7-10-6-9(2)13-14(10)3/h4,6,12H,1,5,7-8H2,2-3H3. The van der Waals surface area contributed by atoms with E-state index in [0.717, 1.165) is 11.4 Å². The highest BCUT2D eigenvalue weighted by atomic mass is 16.1. The Kier molecular flexibility index (Phi) is 4.24. The van der Waals surface area contributed by atoms with Gasteiger partial charge in [-0.15, -0.1) is 6.58 Å². The van der Waals surface area contributed by atoms with Gasteiger partial charge in [0.1, 0.15) is 0 Å². The van der Waals surface area contributed by atoms with Gasteiger partial charge >= 0.3 is 0 Å². The van der Waals surface area contributed by atoms with E-state index in [9.17, 15) is 4.79 Å². The lowest BCUT2D eigenvalue weighted by Crippen LogP contribution is -2.24. The Morgan fingerprint density at radius 3 is 3.00 bits per heavy atom. The van der Waals surface area contributed by atoms with E-state index < -0.39 is 0 Å². The van der Waals surface area contributed by atoms with Crippen molar-refractivity contribution < 1.29 is 4.79 Å². The molecule has 0 aromatic carbocycles. The zero-order valence-corrected chi connectivity index (χ0v) is 9.29. The number of rotatable bonds is 6.